The van der Waals surface area contributed by atoms with Gasteiger partial charge in [0.15, 0.2) is 0 Å². The third-order valence-corrected chi connectivity index (χ3v) is 2.09. The molecule has 0 radical (unpaired) electrons. The van der Waals surface area contributed by atoms with Gasteiger partial charge >= 0.3 is 5.97 Å². The van der Waals surface area contributed by atoms with E-state index in [9.17, 15) is 4.79 Å². The average Bonchev–Trinajstić information content (AvgIpc) is 2.09. The lowest BCUT2D eigenvalue weighted by Gasteiger charge is -2.15. The summed E-state index contributed by atoms with van der Waals surface area (Å²) in [4.78, 5) is 10.8. The van der Waals surface area contributed by atoms with E-state index in [2.05, 4.69) is 13.8 Å². The normalized spacial score (nSPS) is 10.5. The van der Waals surface area contributed by atoms with Gasteiger partial charge in [-0.15, -0.1) is 0 Å². The number of esters is 1. The van der Waals surface area contributed by atoms with Crippen molar-refractivity contribution < 1.29 is 9.53 Å². The Bertz CT molecular complexity index is 124. The highest BCUT2D eigenvalue weighted by Gasteiger charge is 2.10. The standard InChI is InChI=1S/C11H22O2/c1-4-6-8-11(9-7-5-2)13-10(3)12/h11H,4-9H2,1-3H3. The number of hydrogen-bond donors (Lipinski definition) is 0. The fourth-order valence-electron chi connectivity index (χ4n) is 1.36. The molecule has 0 aliphatic carbocycles. The summed E-state index contributed by atoms with van der Waals surface area (Å²) in [7, 11) is 0. The molecule has 0 spiro atoms. The molecule has 0 saturated heterocycles. The van der Waals surface area contributed by atoms with Gasteiger partial charge in [-0.3, -0.25) is 4.79 Å². The Morgan fingerprint density at radius 1 is 1.15 bits per heavy atom. The molecule has 0 atom stereocenters. The minimum Gasteiger partial charge on any atom is -0.463 e. The van der Waals surface area contributed by atoms with Crippen LogP contribution >= 0.6 is 0 Å². The van der Waals surface area contributed by atoms with Crippen molar-refractivity contribution >= 4 is 5.97 Å². The van der Waals surface area contributed by atoms with Crippen LogP contribution in [0.15, 0.2) is 0 Å². The van der Waals surface area contributed by atoms with Gasteiger partial charge < -0.3 is 4.74 Å². The lowest BCUT2D eigenvalue weighted by atomic mass is 10.1. The molecule has 0 bridgehead atoms. The van der Waals surface area contributed by atoms with E-state index < -0.39 is 0 Å². The van der Waals surface area contributed by atoms with Crippen LogP contribution in [0.3, 0.4) is 0 Å². The molecule has 0 aliphatic rings. The molecule has 78 valence electrons. The summed E-state index contributed by atoms with van der Waals surface area (Å²) in [5, 5.41) is 0. The maximum atomic E-state index is 10.8. The van der Waals surface area contributed by atoms with E-state index in [1.54, 1.807) is 0 Å². The topological polar surface area (TPSA) is 26.3 Å². The Kier molecular flexibility index (Phi) is 7.76. The fraction of sp³-hybridized carbons (Fsp3) is 0.909. The largest absolute Gasteiger partial charge is 0.463 e. The van der Waals surface area contributed by atoms with Gasteiger partial charge in [0, 0.05) is 6.92 Å². The van der Waals surface area contributed by atoms with Crippen molar-refractivity contribution in [1.82, 2.24) is 0 Å². The Labute approximate surface area is 81.7 Å². The molecular weight excluding hydrogens is 164 g/mol. The first-order valence-electron chi connectivity index (χ1n) is 5.37. The lowest BCUT2D eigenvalue weighted by Crippen LogP contribution is -2.16. The summed E-state index contributed by atoms with van der Waals surface area (Å²) >= 11 is 0. The molecule has 2 nitrogen and oxygen atoms in total. The fourth-order valence-corrected chi connectivity index (χ4v) is 1.36. The summed E-state index contributed by atoms with van der Waals surface area (Å²) in [6.07, 6.45) is 6.86. The predicted octanol–water partition coefficient (Wildman–Crippen LogP) is 3.30. The zero-order valence-electron chi connectivity index (χ0n) is 9.14. The zero-order chi connectivity index (χ0) is 10.1. The van der Waals surface area contributed by atoms with Crippen molar-refractivity contribution in [2.45, 2.75) is 65.4 Å². The molecule has 0 N–H and O–H groups in total. The van der Waals surface area contributed by atoms with Crippen LogP contribution in [0.5, 0.6) is 0 Å². The average molecular weight is 186 g/mol. The monoisotopic (exact) mass is 186 g/mol. The van der Waals surface area contributed by atoms with Crippen molar-refractivity contribution in [1.29, 1.82) is 0 Å². The van der Waals surface area contributed by atoms with Crippen LogP contribution in [0.25, 0.3) is 0 Å². The van der Waals surface area contributed by atoms with Crippen LogP contribution in [0.4, 0.5) is 0 Å². The van der Waals surface area contributed by atoms with E-state index in [1.165, 1.54) is 19.8 Å². The molecular formula is C11H22O2. The third-order valence-electron chi connectivity index (χ3n) is 2.09. The molecule has 2 heteroatoms. The van der Waals surface area contributed by atoms with Gasteiger partial charge in [-0.05, 0) is 12.8 Å². The molecule has 0 aromatic carbocycles. The predicted molar refractivity (Wildman–Crippen MR) is 54.6 cm³/mol. The minimum atomic E-state index is -0.141. The second kappa shape index (κ2) is 8.09. The van der Waals surface area contributed by atoms with Crippen molar-refractivity contribution in [3.8, 4) is 0 Å². The molecule has 0 heterocycles. The highest BCUT2D eigenvalue weighted by molar-refractivity contribution is 5.66. The first-order valence-corrected chi connectivity index (χ1v) is 5.37. The molecule has 0 rings (SSSR count). The van der Waals surface area contributed by atoms with Crippen LogP contribution in [-0.2, 0) is 9.53 Å². The second-order valence-corrected chi connectivity index (χ2v) is 3.52. The van der Waals surface area contributed by atoms with E-state index in [1.807, 2.05) is 0 Å². The molecule has 0 unspecified atom stereocenters. The molecule has 0 fully saturated rings. The van der Waals surface area contributed by atoms with Gasteiger partial charge in [0.05, 0.1) is 0 Å². The van der Waals surface area contributed by atoms with Gasteiger partial charge in [-0.25, -0.2) is 0 Å². The van der Waals surface area contributed by atoms with E-state index in [4.69, 9.17) is 4.74 Å². The minimum absolute atomic E-state index is 0.141. The summed E-state index contributed by atoms with van der Waals surface area (Å²) < 4.78 is 5.22. The van der Waals surface area contributed by atoms with Gasteiger partial charge in [0.2, 0.25) is 0 Å². The van der Waals surface area contributed by atoms with Crippen LogP contribution in [-0.4, -0.2) is 12.1 Å². The van der Waals surface area contributed by atoms with Gasteiger partial charge in [0.1, 0.15) is 6.10 Å². The summed E-state index contributed by atoms with van der Waals surface area (Å²) in [5.74, 6) is -0.141. The Morgan fingerprint density at radius 2 is 1.62 bits per heavy atom. The number of carbonyl (C=O) groups is 1. The SMILES string of the molecule is CCCCC(CCCC)OC(C)=O. The lowest BCUT2D eigenvalue weighted by molar-refractivity contribution is -0.147. The Balaban J connectivity index is 3.66. The van der Waals surface area contributed by atoms with Gasteiger partial charge in [-0.1, -0.05) is 39.5 Å². The number of carbonyl (C=O) groups excluding carboxylic acids is 1. The smallest absolute Gasteiger partial charge is 0.302 e. The van der Waals surface area contributed by atoms with Gasteiger partial charge in [0.25, 0.3) is 0 Å². The first kappa shape index (κ1) is 12.5. The highest BCUT2D eigenvalue weighted by Crippen LogP contribution is 2.12. The molecule has 0 amide bonds. The van der Waals surface area contributed by atoms with Crippen molar-refractivity contribution in [3.05, 3.63) is 0 Å². The maximum absolute atomic E-state index is 10.8. The quantitative estimate of drug-likeness (QED) is 0.570. The van der Waals surface area contributed by atoms with Crippen molar-refractivity contribution in [3.63, 3.8) is 0 Å². The van der Waals surface area contributed by atoms with E-state index in [0.29, 0.717) is 0 Å². The van der Waals surface area contributed by atoms with Crippen LogP contribution in [0.2, 0.25) is 0 Å². The van der Waals surface area contributed by atoms with Gasteiger partial charge in [-0.2, -0.15) is 0 Å². The van der Waals surface area contributed by atoms with Crippen LogP contribution in [0, 0.1) is 0 Å². The third kappa shape index (κ3) is 7.82. The second-order valence-electron chi connectivity index (χ2n) is 3.52. The highest BCUT2D eigenvalue weighted by atomic mass is 16.5. The molecule has 0 aromatic heterocycles. The molecule has 0 aliphatic heterocycles. The Morgan fingerprint density at radius 3 is 1.92 bits per heavy atom. The van der Waals surface area contributed by atoms with Crippen LogP contribution in [0.1, 0.15) is 59.3 Å². The summed E-state index contributed by atoms with van der Waals surface area (Å²) in [5.41, 5.74) is 0. The van der Waals surface area contributed by atoms with E-state index in [0.717, 1.165) is 25.7 Å². The number of rotatable bonds is 7. The number of hydrogen-bond acceptors (Lipinski definition) is 2. The Hall–Kier alpha value is -0.530. The zero-order valence-corrected chi connectivity index (χ0v) is 9.14. The molecule has 13 heavy (non-hydrogen) atoms. The van der Waals surface area contributed by atoms with E-state index in [-0.39, 0.29) is 12.1 Å². The number of ether oxygens (including phenoxy) is 1. The van der Waals surface area contributed by atoms with Crippen molar-refractivity contribution in [2.24, 2.45) is 0 Å². The molecule has 0 aromatic rings. The number of unbranched alkanes of at least 4 members (excludes halogenated alkanes) is 2. The first-order chi connectivity index (χ1) is 6.20. The summed E-state index contributed by atoms with van der Waals surface area (Å²) in [6, 6.07) is 0. The summed E-state index contributed by atoms with van der Waals surface area (Å²) in [6.45, 7) is 5.81. The van der Waals surface area contributed by atoms with E-state index >= 15 is 0 Å². The molecule has 0 saturated carbocycles. The maximum Gasteiger partial charge on any atom is 0.302 e. The van der Waals surface area contributed by atoms with Crippen molar-refractivity contribution in [2.75, 3.05) is 0 Å². The van der Waals surface area contributed by atoms with Crippen LogP contribution < -0.4 is 0 Å².